The lowest BCUT2D eigenvalue weighted by Gasteiger charge is -2.26. The van der Waals surface area contributed by atoms with Gasteiger partial charge >= 0.3 is 0 Å². The van der Waals surface area contributed by atoms with E-state index in [0.29, 0.717) is 35.2 Å². The highest BCUT2D eigenvalue weighted by atomic mass is 35.5. The van der Waals surface area contributed by atoms with Crippen LogP contribution in [0.2, 0.25) is 5.02 Å². The number of carbonyl (C=O) groups is 2. The molecule has 1 aliphatic rings. The number of nitrogens with zero attached hydrogens (tertiary/aromatic N) is 2. The molecule has 2 amide bonds. The quantitative estimate of drug-likeness (QED) is 0.917. The molecule has 0 saturated carbocycles. The van der Waals surface area contributed by atoms with E-state index in [0.717, 1.165) is 10.6 Å². The van der Waals surface area contributed by atoms with Gasteiger partial charge in [-0.15, -0.1) is 0 Å². The number of fused-ring (bicyclic) bond motifs is 1. The Labute approximate surface area is 136 Å². The van der Waals surface area contributed by atoms with Crippen molar-refractivity contribution in [1.82, 2.24) is 9.88 Å². The van der Waals surface area contributed by atoms with Gasteiger partial charge in [0, 0.05) is 24.8 Å². The highest BCUT2D eigenvalue weighted by molar-refractivity contribution is 7.15. The molecule has 2 heterocycles. The molecule has 3 rings (SSSR count). The van der Waals surface area contributed by atoms with E-state index in [4.69, 9.17) is 11.6 Å². The van der Waals surface area contributed by atoms with Gasteiger partial charge in [0.15, 0.2) is 5.13 Å². The Morgan fingerprint density at radius 3 is 2.86 bits per heavy atom. The number of hydrogen-bond acceptors (Lipinski definition) is 4. The summed E-state index contributed by atoms with van der Waals surface area (Å²) < 4.78 is 0. The van der Waals surface area contributed by atoms with Gasteiger partial charge < -0.3 is 10.2 Å². The van der Waals surface area contributed by atoms with Crippen LogP contribution in [0.1, 0.15) is 27.9 Å². The fraction of sp³-hybridized carbons (Fsp3) is 0.267. The highest BCUT2D eigenvalue weighted by Gasteiger charge is 2.26. The summed E-state index contributed by atoms with van der Waals surface area (Å²) >= 11 is 7.51. The Hall–Kier alpha value is -1.92. The minimum atomic E-state index is -0.143. The van der Waals surface area contributed by atoms with E-state index in [2.05, 4.69) is 10.3 Å². The summed E-state index contributed by atoms with van der Waals surface area (Å²) in [6, 6.07) is 7.05. The van der Waals surface area contributed by atoms with Gasteiger partial charge in [-0.25, -0.2) is 4.98 Å². The summed E-state index contributed by atoms with van der Waals surface area (Å²) in [4.78, 5) is 30.8. The van der Waals surface area contributed by atoms with Crippen LogP contribution in [0, 0.1) is 0 Å². The maximum atomic E-state index is 12.6. The summed E-state index contributed by atoms with van der Waals surface area (Å²) in [5.74, 6) is -0.221. The van der Waals surface area contributed by atoms with Gasteiger partial charge in [0.2, 0.25) is 5.91 Å². The molecule has 5 nitrogen and oxygen atoms in total. The number of nitrogens with one attached hydrogen (secondary N) is 1. The normalized spacial score (nSPS) is 13.6. The molecule has 0 radical (unpaired) electrons. The third-order valence-electron chi connectivity index (χ3n) is 3.41. The Balaban J connectivity index is 1.79. The molecule has 2 aromatic rings. The van der Waals surface area contributed by atoms with Gasteiger partial charge in [0.05, 0.1) is 22.8 Å². The summed E-state index contributed by atoms with van der Waals surface area (Å²) in [6.45, 7) is 2.55. The van der Waals surface area contributed by atoms with E-state index in [-0.39, 0.29) is 11.8 Å². The average Bonchev–Trinajstić information content (AvgIpc) is 2.87. The molecule has 0 fully saturated rings. The predicted molar refractivity (Wildman–Crippen MR) is 86.3 cm³/mol. The molecule has 0 unspecified atom stereocenters. The van der Waals surface area contributed by atoms with Gasteiger partial charge in [0.1, 0.15) is 0 Å². The Kier molecular flexibility index (Phi) is 4.13. The molecule has 1 N–H and O–H groups in total. The minimum absolute atomic E-state index is 0.0780. The van der Waals surface area contributed by atoms with Crippen LogP contribution in [0.5, 0.6) is 0 Å². The second kappa shape index (κ2) is 6.06. The molecule has 7 heteroatoms. The van der Waals surface area contributed by atoms with E-state index >= 15 is 0 Å². The van der Waals surface area contributed by atoms with Gasteiger partial charge in [-0.1, -0.05) is 35.1 Å². The van der Waals surface area contributed by atoms with Gasteiger partial charge in [-0.2, -0.15) is 0 Å². The lowest BCUT2D eigenvalue weighted by atomic mass is 10.1. The Bertz CT molecular complexity index is 744. The fourth-order valence-electron chi connectivity index (χ4n) is 2.38. The first-order valence-corrected chi connectivity index (χ1v) is 8.04. The predicted octanol–water partition coefficient (Wildman–Crippen LogP) is 2.95. The highest BCUT2D eigenvalue weighted by Crippen LogP contribution is 2.29. The van der Waals surface area contributed by atoms with E-state index in [1.165, 1.54) is 18.3 Å². The molecule has 0 bridgehead atoms. The molecule has 1 aromatic carbocycles. The van der Waals surface area contributed by atoms with E-state index in [1.807, 2.05) is 0 Å². The SMILES string of the molecule is CC(=O)Nc1nc2c(s1)CN(C(=O)c1ccccc1Cl)CC2. The van der Waals surface area contributed by atoms with Gasteiger partial charge in [-0.05, 0) is 12.1 Å². The number of thiazole rings is 1. The van der Waals surface area contributed by atoms with Crippen molar-refractivity contribution in [3.05, 3.63) is 45.4 Å². The van der Waals surface area contributed by atoms with Crippen molar-refractivity contribution in [1.29, 1.82) is 0 Å². The number of benzene rings is 1. The summed E-state index contributed by atoms with van der Waals surface area (Å²) in [5.41, 5.74) is 1.47. The molecule has 22 heavy (non-hydrogen) atoms. The molecule has 0 spiro atoms. The first-order chi connectivity index (χ1) is 10.5. The van der Waals surface area contributed by atoms with Crippen LogP contribution in [0.25, 0.3) is 0 Å². The topological polar surface area (TPSA) is 62.3 Å². The van der Waals surface area contributed by atoms with Gasteiger partial charge in [-0.3, -0.25) is 9.59 Å². The zero-order valence-electron chi connectivity index (χ0n) is 11.9. The number of amides is 2. The van der Waals surface area contributed by atoms with Crippen molar-refractivity contribution in [3.8, 4) is 0 Å². The van der Waals surface area contributed by atoms with Crippen LogP contribution in [-0.4, -0.2) is 28.2 Å². The molecular weight excluding hydrogens is 322 g/mol. The molecule has 1 aromatic heterocycles. The lowest BCUT2D eigenvalue weighted by molar-refractivity contribution is -0.114. The largest absolute Gasteiger partial charge is 0.333 e. The van der Waals surface area contributed by atoms with E-state index in [9.17, 15) is 9.59 Å². The standard InChI is InChI=1S/C15H14ClN3O2S/c1-9(20)17-15-18-12-6-7-19(8-13(12)22-15)14(21)10-4-2-3-5-11(10)16/h2-5H,6-8H2,1H3,(H,17,18,20). The molecule has 1 aliphatic heterocycles. The van der Waals surface area contributed by atoms with Crippen molar-refractivity contribution >= 4 is 39.9 Å². The van der Waals surface area contributed by atoms with Crippen molar-refractivity contribution in [2.45, 2.75) is 19.9 Å². The summed E-state index contributed by atoms with van der Waals surface area (Å²) in [5, 5.41) is 3.74. The first-order valence-electron chi connectivity index (χ1n) is 6.84. The zero-order chi connectivity index (χ0) is 15.7. The van der Waals surface area contributed by atoms with Crippen LogP contribution >= 0.6 is 22.9 Å². The first kappa shape index (κ1) is 15.0. The number of aromatic nitrogens is 1. The smallest absolute Gasteiger partial charge is 0.255 e. The monoisotopic (exact) mass is 335 g/mol. The second-order valence-electron chi connectivity index (χ2n) is 5.03. The van der Waals surface area contributed by atoms with Crippen LogP contribution in [0.15, 0.2) is 24.3 Å². The van der Waals surface area contributed by atoms with Crippen LogP contribution < -0.4 is 5.32 Å². The number of carbonyl (C=O) groups excluding carboxylic acids is 2. The van der Waals surface area contributed by atoms with Gasteiger partial charge in [0.25, 0.3) is 5.91 Å². The average molecular weight is 336 g/mol. The van der Waals surface area contributed by atoms with Crippen molar-refractivity contribution < 1.29 is 9.59 Å². The van der Waals surface area contributed by atoms with Crippen LogP contribution in [0.4, 0.5) is 5.13 Å². The number of hydrogen-bond donors (Lipinski definition) is 1. The Morgan fingerprint density at radius 1 is 1.36 bits per heavy atom. The third-order valence-corrected chi connectivity index (χ3v) is 4.73. The van der Waals surface area contributed by atoms with E-state index < -0.39 is 0 Å². The summed E-state index contributed by atoms with van der Waals surface area (Å²) in [6.07, 6.45) is 0.682. The number of anilines is 1. The number of halogens is 1. The zero-order valence-corrected chi connectivity index (χ0v) is 13.5. The fourth-order valence-corrected chi connectivity index (χ4v) is 3.66. The molecule has 0 atom stereocenters. The minimum Gasteiger partial charge on any atom is -0.333 e. The summed E-state index contributed by atoms with van der Waals surface area (Å²) in [7, 11) is 0. The third kappa shape index (κ3) is 2.98. The van der Waals surface area contributed by atoms with Crippen LogP contribution in [-0.2, 0) is 17.8 Å². The van der Waals surface area contributed by atoms with Crippen LogP contribution in [0.3, 0.4) is 0 Å². The van der Waals surface area contributed by atoms with Crippen molar-refractivity contribution in [3.63, 3.8) is 0 Å². The Morgan fingerprint density at radius 2 is 2.14 bits per heavy atom. The maximum absolute atomic E-state index is 12.6. The van der Waals surface area contributed by atoms with E-state index in [1.54, 1.807) is 29.2 Å². The molecular formula is C15H14ClN3O2S. The second-order valence-corrected chi connectivity index (χ2v) is 6.52. The molecule has 0 aliphatic carbocycles. The maximum Gasteiger partial charge on any atom is 0.255 e. The number of rotatable bonds is 2. The van der Waals surface area contributed by atoms with Crippen molar-refractivity contribution in [2.24, 2.45) is 0 Å². The molecule has 0 saturated heterocycles. The lowest BCUT2D eigenvalue weighted by Crippen LogP contribution is -2.35. The molecule has 114 valence electrons. The van der Waals surface area contributed by atoms with Crippen molar-refractivity contribution in [2.75, 3.05) is 11.9 Å².